The fraction of sp³-hybridized carbons (Fsp3) is 0.471. The molecule has 2 rings (SSSR count). The Morgan fingerprint density at radius 3 is 2.61 bits per heavy atom. The Bertz CT molecular complexity index is 630. The van der Waals surface area contributed by atoms with E-state index in [-0.39, 0.29) is 17.4 Å². The second-order valence-electron chi connectivity index (χ2n) is 6.88. The number of amides is 1. The van der Waals surface area contributed by atoms with Crippen LogP contribution in [0.2, 0.25) is 0 Å². The summed E-state index contributed by atoms with van der Waals surface area (Å²) < 4.78 is 1.79. The molecule has 0 aliphatic rings. The van der Waals surface area contributed by atoms with Gasteiger partial charge in [0.15, 0.2) is 0 Å². The molecule has 0 spiro atoms. The van der Waals surface area contributed by atoms with Gasteiger partial charge < -0.3 is 10.6 Å². The van der Waals surface area contributed by atoms with Crippen molar-refractivity contribution in [2.45, 2.75) is 39.8 Å². The summed E-state index contributed by atoms with van der Waals surface area (Å²) in [7, 11) is 1.81. The van der Waals surface area contributed by atoms with Gasteiger partial charge in [-0.2, -0.15) is 5.10 Å². The maximum Gasteiger partial charge on any atom is 0.241 e. The van der Waals surface area contributed by atoms with Gasteiger partial charge in [0, 0.05) is 18.6 Å². The number of rotatable bonds is 6. The second kappa shape index (κ2) is 7.37. The minimum absolute atomic E-state index is 0.0362. The number of aromatic nitrogens is 3. The zero-order valence-electron chi connectivity index (χ0n) is 14.2. The average molecular weight is 315 g/mol. The molecule has 1 unspecified atom stereocenters. The van der Waals surface area contributed by atoms with Gasteiger partial charge in [-0.1, -0.05) is 20.8 Å². The lowest BCUT2D eigenvalue weighted by molar-refractivity contribution is -0.118. The first-order chi connectivity index (χ1) is 10.9. The number of nitrogens with one attached hydrogen (secondary N) is 2. The van der Waals surface area contributed by atoms with Crippen LogP contribution in [0, 0.1) is 5.41 Å². The van der Waals surface area contributed by atoms with E-state index in [4.69, 9.17) is 0 Å². The average Bonchev–Trinajstić information content (AvgIpc) is 2.92. The van der Waals surface area contributed by atoms with Gasteiger partial charge in [-0.3, -0.25) is 14.5 Å². The third-order valence-corrected chi connectivity index (χ3v) is 3.48. The zero-order chi connectivity index (χ0) is 16.9. The molecule has 0 saturated carbocycles. The fourth-order valence-electron chi connectivity index (χ4n) is 2.36. The molecule has 2 N–H and O–H groups in total. The van der Waals surface area contributed by atoms with E-state index in [1.54, 1.807) is 23.3 Å². The molecule has 0 radical (unpaired) electrons. The minimum atomic E-state index is -0.224. The van der Waals surface area contributed by atoms with Gasteiger partial charge in [0.1, 0.15) is 0 Å². The first kappa shape index (κ1) is 17.1. The molecule has 0 bridgehead atoms. The normalized spacial score (nSPS) is 12.9. The van der Waals surface area contributed by atoms with Gasteiger partial charge in [0.05, 0.1) is 24.5 Å². The number of hydrogen-bond acceptors (Lipinski definition) is 4. The molecular formula is C17H25N5O. The summed E-state index contributed by atoms with van der Waals surface area (Å²) in [6, 6.07) is 3.67. The van der Waals surface area contributed by atoms with E-state index >= 15 is 0 Å². The summed E-state index contributed by atoms with van der Waals surface area (Å²) in [4.78, 5) is 16.4. The lowest BCUT2D eigenvalue weighted by Gasteiger charge is -2.24. The molecule has 0 saturated heterocycles. The number of carbonyl (C=O) groups is 1. The van der Waals surface area contributed by atoms with Crippen LogP contribution < -0.4 is 10.6 Å². The summed E-state index contributed by atoms with van der Waals surface area (Å²) in [5.41, 5.74) is 1.90. The van der Waals surface area contributed by atoms with Crippen LogP contribution in [0.15, 0.2) is 36.9 Å². The van der Waals surface area contributed by atoms with E-state index in [0.717, 1.165) is 12.0 Å². The van der Waals surface area contributed by atoms with Crippen LogP contribution in [0.25, 0.3) is 0 Å². The third kappa shape index (κ3) is 5.49. The zero-order valence-corrected chi connectivity index (χ0v) is 14.2. The highest BCUT2D eigenvalue weighted by Gasteiger charge is 2.23. The molecule has 124 valence electrons. The molecule has 6 nitrogen and oxygen atoms in total. The summed E-state index contributed by atoms with van der Waals surface area (Å²) in [5, 5.41) is 10.3. The van der Waals surface area contributed by atoms with E-state index < -0.39 is 0 Å². The van der Waals surface area contributed by atoms with Crippen LogP contribution in [-0.4, -0.2) is 33.8 Å². The molecule has 0 aliphatic carbocycles. The van der Waals surface area contributed by atoms with Crippen molar-refractivity contribution < 1.29 is 4.79 Å². The molecular weight excluding hydrogens is 290 g/mol. The molecule has 2 aromatic heterocycles. The summed E-state index contributed by atoms with van der Waals surface area (Å²) in [5.74, 6) is -0.0362. The lowest BCUT2D eigenvalue weighted by Crippen LogP contribution is -2.41. The number of anilines is 1. The van der Waals surface area contributed by atoms with E-state index in [1.807, 2.05) is 25.4 Å². The van der Waals surface area contributed by atoms with Crippen molar-refractivity contribution in [3.63, 3.8) is 0 Å². The number of hydrogen-bond donors (Lipinski definition) is 2. The van der Waals surface area contributed by atoms with Crippen LogP contribution in [0.1, 0.15) is 32.8 Å². The van der Waals surface area contributed by atoms with E-state index in [2.05, 4.69) is 41.5 Å². The molecule has 23 heavy (non-hydrogen) atoms. The van der Waals surface area contributed by atoms with Gasteiger partial charge in [0.2, 0.25) is 5.91 Å². The smallest absolute Gasteiger partial charge is 0.241 e. The summed E-state index contributed by atoms with van der Waals surface area (Å²) in [6.07, 6.45) is 7.78. The van der Waals surface area contributed by atoms with Gasteiger partial charge >= 0.3 is 0 Å². The van der Waals surface area contributed by atoms with E-state index in [9.17, 15) is 4.79 Å². The van der Waals surface area contributed by atoms with Crippen molar-refractivity contribution in [1.82, 2.24) is 20.1 Å². The highest BCUT2D eigenvalue weighted by molar-refractivity contribution is 5.94. The number of nitrogens with zero attached hydrogens (tertiary/aromatic N) is 3. The molecule has 0 aliphatic heterocycles. The Balaban J connectivity index is 1.96. The van der Waals surface area contributed by atoms with Gasteiger partial charge in [0.25, 0.3) is 0 Å². The SMILES string of the molecule is CNC(CC(C)(C)C)C(=O)Nc1cnn(Cc2ccncc2)c1. The Hall–Kier alpha value is -2.21. The predicted octanol–water partition coefficient (Wildman–Crippen LogP) is 2.29. The predicted molar refractivity (Wildman–Crippen MR) is 91.1 cm³/mol. The number of carbonyl (C=O) groups excluding carboxylic acids is 1. The minimum Gasteiger partial charge on any atom is -0.322 e. The van der Waals surface area contributed by atoms with Crippen LogP contribution >= 0.6 is 0 Å². The largest absolute Gasteiger partial charge is 0.322 e. The molecule has 1 amide bonds. The molecule has 2 aromatic rings. The fourth-order valence-corrected chi connectivity index (χ4v) is 2.36. The van der Waals surface area contributed by atoms with Gasteiger partial charge in [-0.15, -0.1) is 0 Å². The van der Waals surface area contributed by atoms with Crippen molar-refractivity contribution in [3.05, 3.63) is 42.5 Å². The van der Waals surface area contributed by atoms with Crippen LogP contribution in [-0.2, 0) is 11.3 Å². The van der Waals surface area contributed by atoms with Gasteiger partial charge in [-0.25, -0.2) is 0 Å². The number of pyridine rings is 1. The summed E-state index contributed by atoms with van der Waals surface area (Å²) >= 11 is 0. The van der Waals surface area contributed by atoms with E-state index in [0.29, 0.717) is 12.2 Å². The highest BCUT2D eigenvalue weighted by atomic mass is 16.2. The van der Waals surface area contributed by atoms with Crippen LogP contribution in [0.5, 0.6) is 0 Å². The monoisotopic (exact) mass is 315 g/mol. The maximum absolute atomic E-state index is 12.4. The molecule has 2 heterocycles. The molecule has 0 aromatic carbocycles. The number of likely N-dealkylation sites (N-methyl/N-ethyl adjacent to an activating group) is 1. The molecule has 1 atom stereocenters. The Kier molecular flexibility index (Phi) is 5.50. The molecule has 0 fully saturated rings. The third-order valence-electron chi connectivity index (χ3n) is 3.48. The Morgan fingerprint density at radius 1 is 1.30 bits per heavy atom. The Labute approximate surface area is 137 Å². The van der Waals surface area contributed by atoms with Crippen molar-refractivity contribution in [1.29, 1.82) is 0 Å². The van der Waals surface area contributed by atoms with Crippen molar-refractivity contribution in [2.24, 2.45) is 5.41 Å². The van der Waals surface area contributed by atoms with E-state index in [1.165, 1.54) is 0 Å². The van der Waals surface area contributed by atoms with Crippen molar-refractivity contribution >= 4 is 11.6 Å². The first-order valence-electron chi connectivity index (χ1n) is 7.77. The first-order valence-corrected chi connectivity index (χ1v) is 7.77. The lowest BCUT2D eigenvalue weighted by atomic mass is 9.88. The van der Waals surface area contributed by atoms with Gasteiger partial charge in [-0.05, 0) is 36.6 Å². The highest BCUT2D eigenvalue weighted by Crippen LogP contribution is 2.21. The Morgan fingerprint density at radius 2 is 2.00 bits per heavy atom. The van der Waals surface area contributed by atoms with Crippen molar-refractivity contribution in [2.75, 3.05) is 12.4 Å². The molecule has 6 heteroatoms. The second-order valence-corrected chi connectivity index (χ2v) is 6.88. The van der Waals surface area contributed by atoms with Crippen LogP contribution in [0.4, 0.5) is 5.69 Å². The van der Waals surface area contributed by atoms with Crippen molar-refractivity contribution in [3.8, 4) is 0 Å². The maximum atomic E-state index is 12.4. The topological polar surface area (TPSA) is 71.8 Å². The van der Waals surface area contributed by atoms with Crippen LogP contribution in [0.3, 0.4) is 0 Å². The standard InChI is InChI=1S/C17H25N5O/c1-17(2,3)9-15(18-4)16(23)21-14-10-20-22(12-14)11-13-5-7-19-8-6-13/h5-8,10,12,15,18H,9,11H2,1-4H3,(H,21,23). The summed E-state index contributed by atoms with van der Waals surface area (Å²) in [6.45, 7) is 7.02. The quantitative estimate of drug-likeness (QED) is 0.858.